The topological polar surface area (TPSA) is 41.5 Å². The molecule has 4 rings (SSSR count). The number of hydrogen-bond acceptors (Lipinski definition) is 3. The number of nitrogens with one attached hydrogen (secondary N) is 1. The molecule has 0 aromatic heterocycles. The Hall–Kier alpha value is -3.24. The Kier molecular flexibility index (Phi) is 5.54. The highest BCUT2D eigenvalue weighted by atomic mass is 35.5. The van der Waals surface area contributed by atoms with Crippen LogP contribution in [-0.4, -0.2) is 5.11 Å². The lowest BCUT2D eigenvalue weighted by atomic mass is 10.0. The molecule has 0 atom stereocenters. The molecule has 0 amide bonds. The maximum atomic E-state index is 14.1. The van der Waals surface area contributed by atoms with Gasteiger partial charge in [-0.2, -0.15) is 0 Å². The van der Waals surface area contributed by atoms with Gasteiger partial charge in [-0.05, 0) is 53.2 Å². The van der Waals surface area contributed by atoms with Crippen molar-refractivity contribution in [3.05, 3.63) is 101 Å². The number of rotatable bonds is 6. The molecule has 0 aliphatic heterocycles. The van der Waals surface area contributed by atoms with Crippen molar-refractivity contribution < 1.29 is 14.2 Å². The second-order valence-electron chi connectivity index (χ2n) is 6.65. The van der Waals surface area contributed by atoms with E-state index in [1.807, 2.05) is 36.4 Å². The number of ether oxygens (including phenoxy) is 1. The summed E-state index contributed by atoms with van der Waals surface area (Å²) in [5.74, 6) is 0.489. The molecule has 0 heterocycles. The van der Waals surface area contributed by atoms with Crippen LogP contribution in [0.1, 0.15) is 11.1 Å². The Bertz CT molecular complexity index is 1130. The van der Waals surface area contributed by atoms with Crippen LogP contribution in [0.5, 0.6) is 11.5 Å². The van der Waals surface area contributed by atoms with Crippen LogP contribution < -0.4 is 10.1 Å². The van der Waals surface area contributed by atoms with Gasteiger partial charge in [-0.1, -0.05) is 48.0 Å². The molecule has 0 aliphatic carbocycles. The van der Waals surface area contributed by atoms with Gasteiger partial charge < -0.3 is 15.2 Å². The second-order valence-corrected chi connectivity index (χ2v) is 7.06. The Morgan fingerprint density at radius 1 is 0.862 bits per heavy atom. The van der Waals surface area contributed by atoms with Gasteiger partial charge in [0.15, 0.2) is 0 Å². The van der Waals surface area contributed by atoms with Gasteiger partial charge in [0.2, 0.25) is 0 Å². The highest BCUT2D eigenvalue weighted by Gasteiger charge is 2.12. The average molecular weight is 408 g/mol. The van der Waals surface area contributed by atoms with Crippen LogP contribution in [0.4, 0.5) is 10.1 Å². The predicted molar refractivity (Wildman–Crippen MR) is 115 cm³/mol. The van der Waals surface area contributed by atoms with Crippen LogP contribution >= 0.6 is 11.6 Å². The fourth-order valence-electron chi connectivity index (χ4n) is 3.22. The molecule has 146 valence electrons. The maximum absolute atomic E-state index is 14.1. The Balaban J connectivity index is 1.64. The van der Waals surface area contributed by atoms with Crippen molar-refractivity contribution in [3.63, 3.8) is 0 Å². The molecule has 0 saturated carbocycles. The number of halogens is 2. The minimum atomic E-state index is -0.387. The van der Waals surface area contributed by atoms with E-state index in [-0.39, 0.29) is 18.2 Å². The van der Waals surface area contributed by atoms with E-state index >= 15 is 0 Å². The first kappa shape index (κ1) is 19.1. The number of hydrogen-bond donors (Lipinski definition) is 2. The molecule has 0 fully saturated rings. The van der Waals surface area contributed by atoms with Crippen molar-refractivity contribution in [1.29, 1.82) is 0 Å². The molecular formula is C24H19ClFNO2. The zero-order chi connectivity index (χ0) is 20.2. The van der Waals surface area contributed by atoms with Crippen molar-refractivity contribution in [2.24, 2.45) is 0 Å². The molecule has 0 bridgehead atoms. The van der Waals surface area contributed by atoms with Gasteiger partial charge >= 0.3 is 0 Å². The third-order valence-corrected chi connectivity index (χ3v) is 5.12. The summed E-state index contributed by atoms with van der Waals surface area (Å²) < 4.78 is 20.1. The van der Waals surface area contributed by atoms with Crippen LogP contribution in [-0.2, 0) is 13.2 Å². The highest BCUT2D eigenvalue weighted by molar-refractivity contribution is 6.31. The fraction of sp³-hybridized carbons (Fsp3) is 0.0833. The number of phenolic OH excluding ortho intramolecular Hbond substituents is 1. The lowest BCUT2D eigenvalue weighted by Crippen LogP contribution is -2.06. The molecule has 29 heavy (non-hydrogen) atoms. The monoisotopic (exact) mass is 407 g/mol. The Labute approximate surface area is 173 Å². The van der Waals surface area contributed by atoms with E-state index in [1.54, 1.807) is 36.4 Å². The molecule has 3 nitrogen and oxygen atoms in total. The lowest BCUT2D eigenvalue weighted by Gasteiger charge is -2.16. The molecule has 2 N–H and O–H groups in total. The van der Waals surface area contributed by atoms with Crippen LogP contribution in [0.2, 0.25) is 5.02 Å². The minimum absolute atomic E-state index is 0.0378. The summed E-state index contributed by atoms with van der Waals surface area (Å²) in [7, 11) is 0. The zero-order valence-electron chi connectivity index (χ0n) is 15.5. The third kappa shape index (κ3) is 4.28. The second kappa shape index (κ2) is 8.41. The van der Waals surface area contributed by atoms with E-state index in [0.717, 1.165) is 22.0 Å². The molecule has 0 saturated heterocycles. The van der Waals surface area contributed by atoms with Gasteiger partial charge in [0, 0.05) is 23.4 Å². The van der Waals surface area contributed by atoms with Crippen molar-refractivity contribution >= 4 is 28.1 Å². The number of phenols is 1. The number of aromatic hydroxyl groups is 1. The maximum Gasteiger partial charge on any atom is 0.131 e. The van der Waals surface area contributed by atoms with Crippen molar-refractivity contribution in [1.82, 2.24) is 0 Å². The zero-order valence-corrected chi connectivity index (χ0v) is 16.3. The first-order chi connectivity index (χ1) is 14.1. The molecule has 0 unspecified atom stereocenters. The van der Waals surface area contributed by atoms with Crippen molar-refractivity contribution in [2.45, 2.75) is 13.2 Å². The van der Waals surface area contributed by atoms with Gasteiger partial charge in [-0.3, -0.25) is 0 Å². The molecule has 0 aliphatic rings. The highest BCUT2D eigenvalue weighted by Crippen LogP contribution is 2.31. The predicted octanol–water partition coefficient (Wildman–Crippen LogP) is 6.53. The van der Waals surface area contributed by atoms with E-state index in [2.05, 4.69) is 5.32 Å². The fourth-order valence-corrected chi connectivity index (χ4v) is 3.44. The Morgan fingerprint density at radius 2 is 1.66 bits per heavy atom. The van der Waals surface area contributed by atoms with Gasteiger partial charge in [0.05, 0.1) is 5.02 Å². The first-order valence-corrected chi connectivity index (χ1v) is 9.59. The van der Waals surface area contributed by atoms with E-state index in [0.29, 0.717) is 22.9 Å². The van der Waals surface area contributed by atoms with Crippen molar-refractivity contribution in [2.75, 3.05) is 5.32 Å². The van der Waals surface area contributed by atoms with E-state index < -0.39 is 0 Å². The quantitative estimate of drug-likeness (QED) is 0.357. The molecule has 0 spiro atoms. The smallest absolute Gasteiger partial charge is 0.131 e. The summed E-state index contributed by atoms with van der Waals surface area (Å²) in [6, 6.07) is 23.4. The SMILES string of the molecule is Oc1ccc(NCc2c(OCc3c(F)cccc3Cl)ccc3ccccc23)cc1. The Morgan fingerprint density at radius 3 is 2.45 bits per heavy atom. The van der Waals surface area contributed by atoms with Crippen LogP contribution in [0, 0.1) is 5.82 Å². The molecular weight excluding hydrogens is 389 g/mol. The lowest BCUT2D eigenvalue weighted by molar-refractivity contribution is 0.297. The molecule has 0 radical (unpaired) electrons. The van der Waals surface area contributed by atoms with Gasteiger partial charge in [-0.15, -0.1) is 0 Å². The van der Waals surface area contributed by atoms with E-state index in [4.69, 9.17) is 16.3 Å². The molecule has 5 heteroatoms. The van der Waals surface area contributed by atoms with Gasteiger partial charge in [0.1, 0.15) is 23.9 Å². The summed E-state index contributed by atoms with van der Waals surface area (Å²) in [4.78, 5) is 0. The van der Waals surface area contributed by atoms with Crippen LogP contribution in [0.15, 0.2) is 78.9 Å². The standard InChI is InChI=1S/C24H19ClFNO2/c25-22-6-3-7-23(26)21(22)15-29-24-13-8-16-4-1-2-5-19(16)20(24)14-27-17-9-11-18(28)12-10-17/h1-13,27-28H,14-15H2. The summed E-state index contributed by atoms with van der Waals surface area (Å²) >= 11 is 6.13. The summed E-state index contributed by atoms with van der Waals surface area (Å²) in [6.07, 6.45) is 0. The molecule has 4 aromatic rings. The van der Waals surface area contributed by atoms with Gasteiger partial charge in [0.25, 0.3) is 0 Å². The van der Waals surface area contributed by atoms with Crippen LogP contribution in [0.3, 0.4) is 0 Å². The number of anilines is 1. The first-order valence-electron chi connectivity index (χ1n) is 9.21. The summed E-state index contributed by atoms with van der Waals surface area (Å²) in [5.41, 5.74) is 2.17. The summed E-state index contributed by atoms with van der Waals surface area (Å²) in [5, 5.41) is 15.3. The average Bonchev–Trinajstić information content (AvgIpc) is 2.73. The van der Waals surface area contributed by atoms with E-state index in [1.165, 1.54) is 6.07 Å². The third-order valence-electron chi connectivity index (χ3n) is 4.77. The number of fused-ring (bicyclic) bond motifs is 1. The van der Waals surface area contributed by atoms with Gasteiger partial charge in [-0.25, -0.2) is 4.39 Å². The molecule has 4 aromatic carbocycles. The normalized spacial score (nSPS) is 10.8. The summed E-state index contributed by atoms with van der Waals surface area (Å²) in [6.45, 7) is 0.544. The largest absolute Gasteiger partial charge is 0.508 e. The number of benzene rings is 4. The van der Waals surface area contributed by atoms with Crippen LogP contribution in [0.25, 0.3) is 10.8 Å². The van der Waals surface area contributed by atoms with Crippen molar-refractivity contribution in [3.8, 4) is 11.5 Å². The minimum Gasteiger partial charge on any atom is -0.508 e. The van der Waals surface area contributed by atoms with E-state index in [9.17, 15) is 9.50 Å².